The number of benzene rings is 1. The third kappa shape index (κ3) is 2.75. The number of hydrogen-bond acceptors (Lipinski definition) is 5. The van der Waals surface area contributed by atoms with Crippen LogP contribution in [0.1, 0.15) is 27.7 Å². The summed E-state index contributed by atoms with van der Waals surface area (Å²) < 4.78 is 10.4. The topological polar surface area (TPSA) is 78.3 Å². The van der Waals surface area contributed by atoms with Gasteiger partial charge in [-0.15, -0.1) is 0 Å². The lowest BCUT2D eigenvalue weighted by molar-refractivity contribution is 0.0466. The van der Waals surface area contributed by atoms with Crippen LogP contribution < -0.4 is 5.73 Å². The first kappa shape index (κ1) is 12.3. The van der Waals surface area contributed by atoms with Gasteiger partial charge < -0.3 is 14.9 Å². The van der Waals surface area contributed by atoms with E-state index in [0.717, 1.165) is 0 Å². The van der Waals surface area contributed by atoms with Gasteiger partial charge in [0.25, 0.3) is 0 Å². The van der Waals surface area contributed by atoms with Crippen LogP contribution in [0.2, 0.25) is 0 Å². The van der Waals surface area contributed by atoms with Gasteiger partial charge in [0.15, 0.2) is 5.89 Å². The minimum Gasteiger partial charge on any atom is -0.455 e. The molecule has 0 saturated heterocycles. The largest absolute Gasteiger partial charge is 0.455 e. The molecule has 0 radical (unpaired) electrons. The maximum Gasteiger partial charge on any atom is 0.338 e. The maximum absolute atomic E-state index is 11.7. The molecule has 0 bridgehead atoms. The van der Waals surface area contributed by atoms with Crippen molar-refractivity contribution in [1.82, 2.24) is 4.98 Å². The summed E-state index contributed by atoms with van der Waals surface area (Å²) in [6.07, 6.45) is 0. The fourth-order valence-corrected chi connectivity index (χ4v) is 1.58. The molecule has 5 nitrogen and oxygen atoms in total. The number of esters is 1. The molecule has 0 aliphatic rings. The van der Waals surface area contributed by atoms with Crippen LogP contribution in [0.25, 0.3) is 0 Å². The van der Waals surface area contributed by atoms with Gasteiger partial charge in [-0.3, -0.25) is 0 Å². The summed E-state index contributed by atoms with van der Waals surface area (Å²) in [4.78, 5) is 15.8. The van der Waals surface area contributed by atoms with Gasteiger partial charge in [0.1, 0.15) is 18.1 Å². The summed E-state index contributed by atoms with van der Waals surface area (Å²) in [6, 6.07) is 8.79. The smallest absolute Gasteiger partial charge is 0.338 e. The van der Waals surface area contributed by atoms with Gasteiger partial charge in [0.05, 0.1) is 12.1 Å². The third-order valence-corrected chi connectivity index (χ3v) is 2.42. The third-order valence-electron chi connectivity index (χ3n) is 2.42. The van der Waals surface area contributed by atoms with E-state index in [1.165, 1.54) is 0 Å². The second-order valence-electron chi connectivity index (χ2n) is 3.75. The molecule has 2 aromatic rings. The Bertz CT molecular complexity index is 534. The van der Waals surface area contributed by atoms with E-state index in [1.807, 2.05) is 6.07 Å². The molecule has 1 aromatic carbocycles. The summed E-state index contributed by atoms with van der Waals surface area (Å²) in [5.41, 5.74) is 6.58. The first-order valence-electron chi connectivity index (χ1n) is 5.58. The van der Waals surface area contributed by atoms with Gasteiger partial charge in [0.2, 0.25) is 0 Å². The first-order chi connectivity index (χ1) is 8.70. The fourth-order valence-electron chi connectivity index (χ4n) is 1.58. The van der Waals surface area contributed by atoms with Gasteiger partial charge >= 0.3 is 5.97 Å². The van der Waals surface area contributed by atoms with E-state index in [0.29, 0.717) is 22.9 Å². The van der Waals surface area contributed by atoms with Crippen LogP contribution in [0, 0.1) is 6.92 Å². The van der Waals surface area contributed by atoms with Crippen molar-refractivity contribution in [2.45, 2.75) is 20.1 Å². The SMILES string of the molecule is Cc1nc(COC(=O)c2ccccc2)c(CN)o1. The quantitative estimate of drug-likeness (QED) is 0.832. The molecular weight excluding hydrogens is 232 g/mol. The Kier molecular flexibility index (Phi) is 3.74. The molecule has 0 amide bonds. The van der Waals surface area contributed by atoms with Crippen molar-refractivity contribution in [3.05, 3.63) is 53.2 Å². The Hall–Kier alpha value is -2.14. The van der Waals surface area contributed by atoms with Crippen LogP contribution in [0.3, 0.4) is 0 Å². The summed E-state index contributed by atoms with van der Waals surface area (Å²) in [5, 5.41) is 0. The van der Waals surface area contributed by atoms with Crippen LogP contribution in [0.4, 0.5) is 0 Å². The minimum absolute atomic E-state index is 0.0671. The summed E-state index contributed by atoms with van der Waals surface area (Å²) in [5.74, 6) is 0.675. The van der Waals surface area contributed by atoms with E-state index in [-0.39, 0.29) is 19.1 Å². The van der Waals surface area contributed by atoms with E-state index < -0.39 is 0 Å². The molecule has 0 fully saturated rings. The number of carbonyl (C=O) groups is 1. The van der Waals surface area contributed by atoms with Gasteiger partial charge in [0, 0.05) is 6.92 Å². The number of rotatable bonds is 4. The summed E-state index contributed by atoms with van der Waals surface area (Å²) in [6.45, 7) is 2.03. The lowest BCUT2D eigenvalue weighted by Gasteiger charge is -2.03. The highest BCUT2D eigenvalue weighted by atomic mass is 16.5. The number of ether oxygens (including phenoxy) is 1. The summed E-state index contributed by atoms with van der Waals surface area (Å²) >= 11 is 0. The Morgan fingerprint density at radius 3 is 2.78 bits per heavy atom. The van der Waals surface area contributed by atoms with Crippen LogP contribution in [-0.2, 0) is 17.9 Å². The lowest BCUT2D eigenvalue weighted by atomic mass is 10.2. The number of aromatic nitrogens is 1. The zero-order valence-electron chi connectivity index (χ0n) is 10.1. The molecule has 0 saturated carbocycles. The molecular formula is C13H14N2O3. The second-order valence-corrected chi connectivity index (χ2v) is 3.75. The number of oxazole rings is 1. The number of nitrogens with zero attached hydrogens (tertiary/aromatic N) is 1. The van der Waals surface area contributed by atoms with E-state index in [9.17, 15) is 4.79 Å². The predicted molar refractivity (Wildman–Crippen MR) is 64.7 cm³/mol. The number of carbonyl (C=O) groups excluding carboxylic acids is 1. The molecule has 2 N–H and O–H groups in total. The van der Waals surface area contributed by atoms with Crippen LogP contribution in [0.5, 0.6) is 0 Å². The predicted octanol–water partition coefficient (Wildman–Crippen LogP) is 1.80. The molecule has 1 heterocycles. The van der Waals surface area contributed by atoms with Crippen LogP contribution in [-0.4, -0.2) is 11.0 Å². The monoisotopic (exact) mass is 246 g/mol. The summed E-state index contributed by atoms with van der Waals surface area (Å²) in [7, 11) is 0. The van der Waals surface area contributed by atoms with E-state index in [2.05, 4.69) is 4.98 Å². The van der Waals surface area contributed by atoms with E-state index >= 15 is 0 Å². The molecule has 94 valence electrons. The Morgan fingerprint density at radius 2 is 2.11 bits per heavy atom. The molecule has 0 atom stereocenters. The standard InChI is InChI=1S/C13H14N2O3/c1-9-15-11(12(7-14)18-9)8-17-13(16)10-5-3-2-4-6-10/h2-6H,7-8,14H2,1H3. The zero-order chi connectivity index (χ0) is 13.0. The normalized spacial score (nSPS) is 10.3. The van der Waals surface area contributed by atoms with Crippen molar-refractivity contribution in [2.24, 2.45) is 5.73 Å². The fraction of sp³-hybridized carbons (Fsp3) is 0.231. The molecule has 5 heteroatoms. The van der Waals surface area contributed by atoms with Crippen molar-refractivity contribution in [2.75, 3.05) is 0 Å². The molecule has 0 unspecified atom stereocenters. The van der Waals surface area contributed by atoms with E-state index in [1.54, 1.807) is 31.2 Å². The average Bonchev–Trinajstić information content (AvgIpc) is 2.77. The van der Waals surface area contributed by atoms with Crippen molar-refractivity contribution < 1.29 is 13.9 Å². The highest BCUT2D eigenvalue weighted by Gasteiger charge is 2.12. The Balaban J connectivity index is 2.01. The maximum atomic E-state index is 11.7. The van der Waals surface area contributed by atoms with Gasteiger partial charge in [-0.25, -0.2) is 9.78 Å². The highest BCUT2D eigenvalue weighted by molar-refractivity contribution is 5.89. The van der Waals surface area contributed by atoms with Crippen LogP contribution in [0.15, 0.2) is 34.7 Å². The van der Waals surface area contributed by atoms with Crippen LogP contribution >= 0.6 is 0 Å². The average molecular weight is 246 g/mol. The molecule has 0 aliphatic carbocycles. The Labute approximate surface area is 105 Å². The van der Waals surface area contributed by atoms with Crippen molar-refractivity contribution in [3.63, 3.8) is 0 Å². The molecule has 0 spiro atoms. The van der Waals surface area contributed by atoms with Gasteiger partial charge in [-0.05, 0) is 12.1 Å². The number of nitrogens with two attached hydrogens (primary N) is 1. The molecule has 0 aliphatic heterocycles. The molecule has 2 rings (SSSR count). The number of aryl methyl sites for hydroxylation is 1. The zero-order valence-corrected chi connectivity index (χ0v) is 10.1. The van der Waals surface area contributed by atoms with Crippen molar-refractivity contribution in [3.8, 4) is 0 Å². The van der Waals surface area contributed by atoms with Gasteiger partial charge in [-0.1, -0.05) is 18.2 Å². The second kappa shape index (κ2) is 5.46. The lowest BCUT2D eigenvalue weighted by Crippen LogP contribution is -2.07. The highest BCUT2D eigenvalue weighted by Crippen LogP contribution is 2.12. The molecule has 1 aromatic heterocycles. The molecule has 18 heavy (non-hydrogen) atoms. The van der Waals surface area contributed by atoms with E-state index in [4.69, 9.17) is 14.9 Å². The van der Waals surface area contributed by atoms with Gasteiger partial charge in [-0.2, -0.15) is 0 Å². The van der Waals surface area contributed by atoms with Crippen molar-refractivity contribution >= 4 is 5.97 Å². The minimum atomic E-state index is -0.390. The first-order valence-corrected chi connectivity index (χ1v) is 5.58. The number of hydrogen-bond donors (Lipinski definition) is 1. The Morgan fingerprint density at radius 1 is 1.39 bits per heavy atom. The van der Waals surface area contributed by atoms with Crippen molar-refractivity contribution in [1.29, 1.82) is 0 Å².